The number of methoxy groups -OCH3 is 6. The van der Waals surface area contributed by atoms with Crippen molar-refractivity contribution in [3.05, 3.63) is 339 Å². The third-order valence-corrected chi connectivity index (χ3v) is 24.2. The van der Waals surface area contributed by atoms with Crippen LogP contribution in [0.5, 0.6) is 46.0 Å². The van der Waals surface area contributed by atoms with E-state index in [2.05, 4.69) is 78.9 Å². The Balaban J connectivity index is 0.000000126. The van der Waals surface area contributed by atoms with Crippen molar-refractivity contribution in [3.8, 4) is 46.0 Å². The summed E-state index contributed by atoms with van der Waals surface area (Å²) in [6.45, 7) is 3.68. The lowest BCUT2D eigenvalue weighted by Crippen LogP contribution is -2.23. The van der Waals surface area contributed by atoms with Crippen LogP contribution in [0.25, 0.3) is 51.9 Å². The van der Waals surface area contributed by atoms with E-state index in [1.165, 1.54) is 94.0 Å². The number of aryl methyl sites for hydroxylation is 4. The van der Waals surface area contributed by atoms with E-state index in [9.17, 15) is 38.7 Å². The third-order valence-electron chi connectivity index (χ3n) is 24.2. The van der Waals surface area contributed by atoms with Crippen molar-refractivity contribution in [2.45, 2.75) is 133 Å². The van der Waals surface area contributed by atoms with Gasteiger partial charge >= 0.3 is 41.8 Å². The molecule has 0 spiro atoms. The summed E-state index contributed by atoms with van der Waals surface area (Å²) in [5.41, 5.74) is 10.4. The van der Waals surface area contributed by atoms with E-state index in [4.69, 9.17) is 99.5 Å². The first-order valence-corrected chi connectivity index (χ1v) is 47.6. The van der Waals surface area contributed by atoms with Gasteiger partial charge < -0.3 is 105 Å². The van der Waals surface area contributed by atoms with Gasteiger partial charge in [-0.2, -0.15) is 0 Å². The lowest BCUT2D eigenvalue weighted by atomic mass is 10.0. The van der Waals surface area contributed by atoms with Crippen LogP contribution >= 0.6 is 0 Å². The maximum atomic E-state index is 11.5. The van der Waals surface area contributed by atoms with E-state index in [1.807, 2.05) is 152 Å². The van der Waals surface area contributed by atoms with E-state index in [0.717, 1.165) is 105 Å². The van der Waals surface area contributed by atoms with Gasteiger partial charge in [0, 0.05) is 44.9 Å². The molecule has 0 saturated heterocycles. The summed E-state index contributed by atoms with van der Waals surface area (Å²) in [6, 6.07) is 58.7. The minimum atomic E-state index is -0.524. The van der Waals surface area contributed by atoms with Crippen LogP contribution in [0.15, 0.2) is 289 Å². The maximum Gasteiger partial charge on any atom is 0.334 e. The Bertz CT molecular complexity index is 6410. The van der Waals surface area contributed by atoms with Crippen LogP contribution in [0.4, 0.5) is 0 Å². The monoisotopic (exact) mass is 1960 g/mol. The van der Waals surface area contributed by atoms with Gasteiger partial charge in [-0.05, 0) is 202 Å². The van der Waals surface area contributed by atoms with Crippen LogP contribution in [0.3, 0.4) is 0 Å². The molecule has 9 aromatic carbocycles. The summed E-state index contributed by atoms with van der Waals surface area (Å²) in [5, 5.41) is 14.3. The number of hydrogen-bond donors (Lipinski definition) is 1. The van der Waals surface area contributed by atoms with Gasteiger partial charge in [-0.3, -0.25) is 0 Å². The molecule has 1 aliphatic carbocycles. The molecule has 0 fully saturated rings. The van der Waals surface area contributed by atoms with Gasteiger partial charge in [0.05, 0.1) is 85.2 Å². The fourth-order valence-electron chi connectivity index (χ4n) is 16.8. The van der Waals surface area contributed by atoms with Crippen LogP contribution in [-0.2, 0) is 121 Å². The molecule has 12 aliphatic rings. The van der Waals surface area contributed by atoms with E-state index in [-0.39, 0.29) is 85.0 Å². The Morgan fingerprint density at radius 1 is 0.278 bits per heavy atom. The zero-order valence-corrected chi connectivity index (χ0v) is 80.8. The van der Waals surface area contributed by atoms with Crippen molar-refractivity contribution in [2.24, 2.45) is 0 Å². The number of rotatable bonds is 22. The van der Waals surface area contributed by atoms with E-state index < -0.39 is 12.1 Å². The number of carbonyl (C=O) groups excluding carboxylic acids is 7. The highest BCUT2D eigenvalue weighted by Crippen LogP contribution is 2.38. The van der Waals surface area contributed by atoms with Gasteiger partial charge in [-0.15, -0.1) is 0 Å². The van der Waals surface area contributed by atoms with Crippen molar-refractivity contribution >= 4 is 93.7 Å². The van der Waals surface area contributed by atoms with E-state index in [1.54, 1.807) is 48.7 Å². The number of benzene rings is 9. The molecule has 11 aliphatic heterocycles. The average Bonchev–Trinajstić information content (AvgIpc) is 1.05. The minimum Gasteiger partial charge on any atom is -0.512 e. The largest absolute Gasteiger partial charge is 0.512 e. The topological polar surface area (TPSA) is 334 Å². The molecule has 9 aromatic rings. The average molecular weight is 1960 g/mol. The van der Waals surface area contributed by atoms with Crippen molar-refractivity contribution in [1.82, 2.24) is 0 Å². The summed E-state index contributed by atoms with van der Waals surface area (Å²) in [5.74, 6) is 7.38. The zero-order valence-electron chi connectivity index (χ0n) is 80.8. The van der Waals surface area contributed by atoms with Crippen molar-refractivity contribution in [3.63, 3.8) is 0 Å². The summed E-state index contributed by atoms with van der Waals surface area (Å²) < 4.78 is 111. The van der Waals surface area contributed by atoms with Crippen LogP contribution in [-0.4, -0.2) is 179 Å². The fraction of sp³-hybridized carbons (Fsp3) is 0.296. The number of cyclic esters (lactones) is 7. The second-order valence-electron chi connectivity index (χ2n) is 34.4. The first-order chi connectivity index (χ1) is 70.2. The Kier molecular flexibility index (Phi) is 36.3. The molecule has 29 heteroatoms. The molecule has 0 aromatic heterocycles. The molecule has 1 N–H and O–H groups in total. The molecular formula is C115H114O29. The molecule has 144 heavy (non-hydrogen) atoms. The molecule has 0 bridgehead atoms. The zero-order chi connectivity index (χ0) is 100. The highest BCUT2D eigenvalue weighted by molar-refractivity contribution is 5.89. The molecule has 11 heterocycles. The highest BCUT2D eigenvalue weighted by atomic mass is 16.7. The summed E-state index contributed by atoms with van der Waals surface area (Å²) in [4.78, 5) is 79.6. The SMILES string of the molecule is COC1=CC(=O)OC(/C=C/c2ccc3c(c2)CCC3)C1.COC1=CC(=O)OC(/C=C/c2ccc3c(c2)OCCO3)C1.COC1=CC(=O)OC(/C=C/c2ccc3c(c2)OCCO3)C1.COC1=CC(=O)OC(/C=C/c2ccc3ccccc3c2)C1.COC1=CC(=O)OC(CCc2ccc3c(c2)OCCO3)C1.COC1=CC(=O)OC(CCc2ccc3ccccc3c2)C1.O=C1C=C(O)CC(/C=C/c2ccc3c(c2)OCO3)O1. The number of carbonyl (C=O) groups is 7. The normalized spacial score (nSPS) is 20.3. The predicted molar refractivity (Wildman–Crippen MR) is 536 cm³/mol. The quantitative estimate of drug-likeness (QED) is 0.0486. The number of aliphatic hydroxyl groups is 1. The molecule has 0 saturated carbocycles. The van der Waals surface area contributed by atoms with E-state index >= 15 is 0 Å². The molecular weight excluding hydrogens is 1850 g/mol. The van der Waals surface area contributed by atoms with Gasteiger partial charge in [0.2, 0.25) is 6.79 Å². The lowest BCUT2D eigenvalue weighted by Gasteiger charge is -2.23. The van der Waals surface area contributed by atoms with Crippen LogP contribution < -0.4 is 37.9 Å². The lowest BCUT2D eigenvalue weighted by molar-refractivity contribution is -0.146. The Morgan fingerprint density at radius 3 is 1.00 bits per heavy atom. The molecule has 7 atom stereocenters. The van der Waals surface area contributed by atoms with Gasteiger partial charge in [0.15, 0.2) is 46.0 Å². The van der Waals surface area contributed by atoms with Gasteiger partial charge in [0.25, 0.3) is 0 Å². The molecule has 7 unspecified atom stereocenters. The molecule has 29 nitrogen and oxygen atoms in total. The maximum absolute atomic E-state index is 11.5. The second-order valence-corrected chi connectivity index (χ2v) is 34.4. The Hall–Kier alpha value is -16.3. The third kappa shape index (κ3) is 30.6. The van der Waals surface area contributed by atoms with Crippen LogP contribution in [0.1, 0.15) is 114 Å². The minimum absolute atomic E-state index is 0.0385. The number of ether oxygens (including phenoxy) is 21. The van der Waals surface area contributed by atoms with Gasteiger partial charge in [0.1, 0.15) is 123 Å². The number of aliphatic hydroxyl groups excluding tert-OH is 1. The first kappa shape index (κ1) is 102. The van der Waals surface area contributed by atoms with Crippen molar-refractivity contribution in [2.75, 3.05) is 89.1 Å². The summed E-state index contributed by atoms with van der Waals surface area (Å²) >= 11 is 0. The molecule has 21 rings (SSSR count). The fourth-order valence-corrected chi connectivity index (χ4v) is 16.8. The number of esters is 7. The molecule has 748 valence electrons. The summed E-state index contributed by atoms with van der Waals surface area (Å²) in [6.07, 6.45) is 37.2. The van der Waals surface area contributed by atoms with Crippen molar-refractivity contribution in [1.29, 1.82) is 0 Å². The standard InChI is InChI=1S/C18H18O3.C18H16O3.C17H18O3.C16H18O5.2C16H16O5.C14H12O5/c2*1-20-17-11-16(21-18(19)12-17)9-7-13-6-8-14-4-2-3-5-15(14)10-13;1-19-16-10-15(20-17(18)11-16)8-6-12-5-7-13-3-2-4-14(13)9-12;3*1-18-13-9-12(21-16(17)10-13)4-2-11-3-5-14-15(8-11)20-7-6-19-14;15-10-6-11(19-14(16)7-10)3-1-9-2-4-12-13(5-9)18-8-17-12/h2-6,8,10,12,16H,7,9,11H2,1H3;2-10,12,16H,11H2,1H3;5-9,11,15H,2-4,10H2,1H3;3,5,8,10,12H,2,4,6-7,9H2,1H3;2*2-5,8,10,12H,6-7,9H2,1H3;1-5,7,11,15H,6,8H2/b;9-7+;8-6+;;2*4-2+;3-1+. The molecule has 0 radical (unpaired) electrons. The van der Waals surface area contributed by atoms with Gasteiger partial charge in [-0.1, -0.05) is 152 Å². The Labute approximate surface area is 834 Å². The number of hydrogen-bond acceptors (Lipinski definition) is 29. The van der Waals surface area contributed by atoms with Crippen molar-refractivity contribution < 1.29 is 138 Å². The highest BCUT2D eigenvalue weighted by Gasteiger charge is 2.29. The Morgan fingerprint density at radius 2 is 0.576 bits per heavy atom. The molecule has 0 amide bonds. The van der Waals surface area contributed by atoms with E-state index in [0.29, 0.717) is 125 Å². The summed E-state index contributed by atoms with van der Waals surface area (Å²) in [7, 11) is 9.39. The van der Waals surface area contributed by atoms with Gasteiger partial charge in [-0.25, -0.2) is 33.6 Å². The van der Waals surface area contributed by atoms with Crippen LogP contribution in [0, 0.1) is 0 Å². The number of fused-ring (bicyclic) bond motifs is 7. The predicted octanol–water partition coefficient (Wildman–Crippen LogP) is 19.4. The first-order valence-electron chi connectivity index (χ1n) is 47.6. The van der Waals surface area contributed by atoms with Crippen LogP contribution in [0.2, 0.25) is 0 Å². The smallest absolute Gasteiger partial charge is 0.334 e. The second kappa shape index (κ2) is 51.2.